The van der Waals surface area contributed by atoms with Gasteiger partial charge in [-0.3, -0.25) is 0 Å². The molecule has 0 amide bonds. The molecule has 0 aliphatic carbocycles. The van der Waals surface area contributed by atoms with Gasteiger partial charge in [0.2, 0.25) is 0 Å². The summed E-state index contributed by atoms with van der Waals surface area (Å²) in [4.78, 5) is 0. The monoisotopic (exact) mass is 312 g/mol. The van der Waals surface area contributed by atoms with E-state index in [-0.39, 0.29) is 5.82 Å². The summed E-state index contributed by atoms with van der Waals surface area (Å²) in [6.07, 6.45) is 1.65. The van der Waals surface area contributed by atoms with Crippen LogP contribution in [0.2, 0.25) is 0 Å². The van der Waals surface area contributed by atoms with Crippen molar-refractivity contribution < 1.29 is 9.13 Å². The fraction of sp³-hybridized carbons (Fsp3) is 0.176. The van der Waals surface area contributed by atoms with E-state index in [1.807, 2.05) is 25.1 Å². The molecule has 6 heteroatoms. The summed E-state index contributed by atoms with van der Waals surface area (Å²) >= 11 is 0. The van der Waals surface area contributed by atoms with E-state index in [2.05, 4.69) is 10.3 Å². The minimum atomic E-state index is -0.269. The SMILES string of the molecule is Cc1cc(OCCn2nncc2-c2ccc(F)cc2)ccc1N. The molecule has 0 spiro atoms. The molecule has 0 radical (unpaired) electrons. The van der Waals surface area contributed by atoms with Gasteiger partial charge in [-0.15, -0.1) is 5.10 Å². The summed E-state index contributed by atoms with van der Waals surface area (Å²) < 4.78 is 20.5. The van der Waals surface area contributed by atoms with Crippen molar-refractivity contribution in [1.29, 1.82) is 0 Å². The Kier molecular flexibility index (Phi) is 4.23. The second kappa shape index (κ2) is 6.48. The molecular formula is C17H17FN4O. The van der Waals surface area contributed by atoms with Crippen molar-refractivity contribution in [1.82, 2.24) is 15.0 Å². The zero-order valence-electron chi connectivity index (χ0n) is 12.7. The van der Waals surface area contributed by atoms with Crippen LogP contribution < -0.4 is 10.5 Å². The zero-order chi connectivity index (χ0) is 16.2. The van der Waals surface area contributed by atoms with Gasteiger partial charge in [-0.2, -0.15) is 0 Å². The number of halogens is 1. The lowest BCUT2D eigenvalue weighted by Gasteiger charge is -2.10. The number of aryl methyl sites for hydroxylation is 1. The molecule has 1 aromatic heterocycles. The van der Waals surface area contributed by atoms with Gasteiger partial charge in [0.15, 0.2) is 0 Å². The standard InChI is InChI=1S/C17H17FN4O/c1-12-10-15(6-7-16(12)19)23-9-8-22-17(11-20-21-22)13-2-4-14(18)5-3-13/h2-7,10-11H,8-9,19H2,1H3. The van der Waals surface area contributed by atoms with Crippen LogP contribution in [0.3, 0.4) is 0 Å². The minimum absolute atomic E-state index is 0.269. The van der Waals surface area contributed by atoms with Gasteiger partial charge < -0.3 is 10.5 Å². The van der Waals surface area contributed by atoms with E-state index in [0.29, 0.717) is 13.2 Å². The smallest absolute Gasteiger partial charge is 0.123 e. The van der Waals surface area contributed by atoms with E-state index in [4.69, 9.17) is 10.5 Å². The maximum Gasteiger partial charge on any atom is 0.123 e. The number of rotatable bonds is 5. The normalized spacial score (nSPS) is 10.7. The Balaban J connectivity index is 1.66. The molecule has 0 bridgehead atoms. The van der Waals surface area contributed by atoms with Gasteiger partial charge in [0, 0.05) is 11.3 Å². The third kappa shape index (κ3) is 3.48. The minimum Gasteiger partial charge on any atom is -0.492 e. The largest absolute Gasteiger partial charge is 0.492 e. The lowest BCUT2D eigenvalue weighted by atomic mass is 10.1. The van der Waals surface area contributed by atoms with E-state index >= 15 is 0 Å². The van der Waals surface area contributed by atoms with Crippen LogP contribution in [0, 0.1) is 12.7 Å². The average Bonchev–Trinajstić information content (AvgIpc) is 3.00. The molecule has 118 valence electrons. The van der Waals surface area contributed by atoms with Crippen LogP contribution in [0.25, 0.3) is 11.3 Å². The van der Waals surface area contributed by atoms with E-state index in [9.17, 15) is 4.39 Å². The fourth-order valence-electron chi connectivity index (χ4n) is 2.25. The number of nitrogens with zero attached hydrogens (tertiary/aromatic N) is 3. The average molecular weight is 312 g/mol. The van der Waals surface area contributed by atoms with E-state index in [1.165, 1.54) is 12.1 Å². The first-order valence-electron chi connectivity index (χ1n) is 7.27. The second-order valence-electron chi connectivity index (χ2n) is 5.22. The molecule has 5 nitrogen and oxygen atoms in total. The van der Waals surface area contributed by atoms with Gasteiger partial charge in [-0.05, 0) is 55.0 Å². The molecule has 2 aromatic carbocycles. The summed E-state index contributed by atoms with van der Waals surface area (Å²) in [5.41, 5.74) is 9.19. The van der Waals surface area contributed by atoms with Crippen LogP contribution in [-0.4, -0.2) is 21.6 Å². The molecule has 3 rings (SSSR count). The number of nitrogen functional groups attached to an aromatic ring is 1. The summed E-state index contributed by atoms with van der Waals surface area (Å²) in [5.74, 6) is 0.495. The van der Waals surface area contributed by atoms with Crippen molar-refractivity contribution in [2.24, 2.45) is 0 Å². The highest BCUT2D eigenvalue weighted by molar-refractivity contribution is 5.58. The summed E-state index contributed by atoms with van der Waals surface area (Å²) in [6, 6.07) is 11.8. The predicted octanol–water partition coefficient (Wildman–Crippen LogP) is 3.05. The van der Waals surface area contributed by atoms with Crippen molar-refractivity contribution in [2.75, 3.05) is 12.3 Å². The van der Waals surface area contributed by atoms with Crippen LogP contribution in [-0.2, 0) is 6.54 Å². The van der Waals surface area contributed by atoms with E-state index in [0.717, 1.165) is 28.3 Å². The third-order valence-corrected chi connectivity index (χ3v) is 3.57. The van der Waals surface area contributed by atoms with Crippen LogP contribution in [0.4, 0.5) is 10.1 Å². The van der Waals surface area contributed by atoms with Gasteiger partial charge in [0.25, 0.3) is 0 Å². The van der Waals surface area contributed by atoms with Crippen LogP contribution >= 0.6 is 0 Å². The Hall–Kier alpha value is -2.89. The Morgan fingerprint density at radius 1 is 1.17 bits per heavy atom. The fourth-order valence-corrected chi connectivity index (χ4v) is 2.25. The van der Waals surface area contributed by atoms with Gasteiger partial charge in [0.1, 0.15) is 18.2 Å². The van der Waals surface area contributed by atoms with Gasteiger partial charge in [0.05, 0.1) is 18.4 Å². The summed E-state index contributed by atoms with van der Waals surface area (Å²) in [6.45, 7) is 2.92. The van der Waals surface area contributed by atoms with Gasteiger partial charge in [-0.1, -0.05) is 5.21 Å². The first-order chi connectivity index (χ1) is 11.1. The first kappa shape index (κ1) is 15.0. The van der Waals surface area contributed by atoms with Crippen molar-refractivity contribution >= 4 is 5.69 Å². The molecule has 23 heavy (non-hydrogen) atoms. The Labute approximate surface area is 133 Å². The number of benzene rings is 2. The van der Waals surface area contributed by atoms with Crippen molar-refractivity contribution in [3.05, 3.63) is 60.0 Å². The molecule has 0 atom stereocenters. The molecule has 3 aromatic rings. The summed E-state index contributed by atoms with van der Waals surface area (Å²) in [7, 11) is 0. The topological polar surface area (TPSA) is 66.0 Å². The second-order valence-corrected chi connectivity index (χ2v) is 5.22. The number of aromatic nitrogens is 3. The number of ether oxygens (including phenoxy) is 1. The highest BCUT2D eigenvalue weighted by atomic mass is 19.1. The highest BCUT2D eigenvalue weighted by Gasteiger charge is 2.07. The maximum atomic E-state index is 13.0. The molecule has 0 aliphatic rings. The van der Waals surface area contributed by atoms with Crippen LogP contribution in [0.15, 0.2) is 48.7 Å². The van der Waals surface area contributed by atoms with E-state index in [1.54, 1.807) is 23.0 Å². The lowest BCUT2D eigenvalue weighted by molar-refractivity contribution is 0.290. The van der Waals surface area contributed by atoms with Gasteiger partial charge in [-0.25, -0.2) is 9.07 Å². The zero-order valence-corrected chi connectivity index (χ0v) is 12.7. The maximum absolute atomic E-state index is 13.0. The number of nitrogens with two attached hydrogens (primary N) is 1. The number of anilines is 1. The molecular weight excluding hydrogens is 295 g/mol. The van der Waals surface area contributed by atoms with Crippen LogP contribution in [0.1, 0.15) is 5.56 Å². The molecule has 0 fully saturated rings. The molecule has 0 aliphatic heterocycles. The highest BCUT2D eigenvalue weighted by Crippen LogP contribution is 2.20. The number of hydrogen-bond acceptors (Lipinski definition) is 4. The van der Waals surface area contributed by atoms with Crippen molar-refractivity contribution in [2.45, 2.75) is 13.5 Å². The molecule has 0 saturated carbocycles. The lowest BCUT2D eigenvalue weighted by Crippen LogP contribution is -2.11. The van der Waals surface area contributed by atoms with Crippen molar-refractivity contribution in [3.8, 4) is 17.0 Å². The molecule has 1 heterocycles. The third-order valence-electron chi connectivity index (χ3n) is 3.57. The van der Waals surface area contributed by atoms with Gasteiger partial charge >= 0.3 is 0 Å². The van der Waals surface area contributed by atoms with E-state index < -0.39 is 0 Å². The summed E-state index contributed by atoms with van der Waals surface area (Å²) in [5, 5.41) is 7.97. The Bertz CT molecular complexity index is 799. The first-order valence-corrected chi connectivity index (χ1v) is 7.27. The number of hydrogen-bond donors (Lipinski definition) is 1. The molecule has 0 unspecified atom stereocenters. The predicted molar refractivity (Wildman–Crippen MR) is 86.5 cm³/mol. The Morgan fingerprint density at radius 3 is 2.70 bits per heavy atom. The quantitative estimate of drug-likeness (QED) is 0.735. The molecule has 0 saturated heterocycles. The van der Waals surface area contributed by atoms with Crippen molar-refractivity contribution in [3.63, 3.8) is 0 Å². The van der Waals surface area contributed by atoms with Crippen LogP contribution in [0.5, 0.6) is 5.75 Å². The Morgan fingerprint density at radius 2 is 1.96 bits per heavy atom. The molecule has 2 N–H and O–H groups in total.